The fourth-order valence-electron chi connectivity index (χ4n) is 3.71. The molecule has 0 atom stereocenters. The quantitative estimate of drug-likeness (QED) is 0.633. The van der Waals surface area contributed by atoms with Gasteiger partial charge in [0, 0.05) is 12.6 Å². The van der Waals surface area contributed by atoms with Crippen LogP contribution in [0.15, 0.2) is 36.4 Å². The van der Waals surface area contributed by atoms with Crippen LogP contribution in [0, 0.1) is 11.3 Å². The second-order valence-electron chi connectivity index (χ2n) is 7.21. The monoisotopic (exact) mass is 422 g/mol. The Hall–Kier alpha value is -3.57. The van der Waals surface area contributed by atoms with E-state index in [2.05, 4.69) is 16.7 Å². The van der Waals surface area contributed by atoms with E-state index >= 15 is 0 Å². The van der Waals surface area contributed by atoms with E-state index < -0.39 is 0 Å². The number of methoxy groups -OCH3 is 2. The Morgan fingerprint density at radius 2 is 1.94 bits per heavy atom. The van der Waals surface area contributed by atoms with E-state index in [9.17, 15) is 14.9 Å². The van der Waals surface area contributed by atoms with Crippen LogP contribution in [0.5, 0.6) is 11.5 Å². The number of amides is 2. The second-order valence-corrected chi connectivity index (χ2v) is 7.21. The predicted octanol–water partition coefficient (Wildman–Crippen LogP) is 2.22. The van der Waals surface area contributed by atoms with Gasteiger partial charge in [0.15, 0.2) is 11.5 Å². The third-order valence-corrected chi connectivity index (χ3v) is 5.37. The van der Waals surface area contributed by atoms with Crippen molar-refractivity contribution in [3.8, 4) is 17.6 Å². The van der Waals surface area contributed by atoms with Crippen molar-refractivity contribution in [1.29, 1.82) is 5.26 Å². The van der Waals surface area contributed by atoms with Crippen molar-refractivity contribution < 1.29 is 19.1 Å². The van der Waals surface area contributed by atoms with Crippen molar-refractivity contribution in [3.63, 3.8) is 0 Å². The van der Waals surface area contributed by atoms with Crippen LogP contribution in [0.1, 0.15) is 34.3 Å². The number of anilines is 1. The zero-order chi connectivity index (χ0) is 22.2. The molecule has 0 aliphatic carbocycles. The molecule has 1 aliphatic rings. The number of rotatable bonds is 8. The van der Waals surface area contributed by atoms with Crippen LogP contribution >= 0.6 is 0 Å². The van der Waals surface area contributed by atoms with Crippen molar-refractivity contribution in [2.45, 2.75) is 25.4 Å². The second kappa shape index (κ2) is 10.5. The van der Waals surface area contributed by atoms with Gasteiger partial charge >= 0.3 is 0 Å². The number of carbonyl (C=O) groups is 2. The zero-order valence-electron chi connectivity index (χ0n) is 17.7. The van der Waals surface area contributed by atoms with E-state index in [0.717, 1.165) is 37.9 Å². The smallest absolute Gasteiger partial charge is 0.253 e. The summed E-state index contributed by atoms with van der Waals surface area (Å²) in [5.74, 6) is 0.812. The van der Waals surface area contributed by atoms with Gasteiger partial charge < -0.3 is 25.0 Å². The molecule has 1 saturated heterocycles. The number of hydrogen-bond acceptors (Lipinski definition) is 6. The summed E-state index contributed by atoms with van der Waals surface area (Å²) in [6.07, 6.45) is 2.36. The topological polar surface area (TPSA) is 104 Å². The molecular formula is C23H26N4O4. The lowest BCUT2D eigenvalue weighted by Crippen LogP contribution is -2.43. The first-order valence-electron chi connectivity index (χ1n) is 10.1. The molecule has 2 aromatic rings. The SMILES string of the molecule is COc1ccc(CNC(=O)c2cc(C#N)ccc2N(C=O)C2CCNCC2)cc1OC. The van der Waals surface area contributed by atoms with Crippen molar-refractivity contribution in [2.24, 2.45) is 0 Å². The molecule has 2 N–H and O–H groups in total. The van der Waals surface area contributed by atoms with Crippen LogP contribution in [-0.2, 0) is 11.3 Å². The molecule has 1 fully saturated rings. The molecule has 2 amide bonds. The van der Waals surface area contributed by atoms with Crippen molar-refractivity contribution in [2.75, 3.05) is 32.2 Å². The Bertz CT molecular complexity index is 980. The van der Waals surface area contributed by atoms with Crippen molar-refractivity contribution in [3.05, 3.63) is 53.1 Å². The number of carbonyl (C=O) groups excluding carboxylic acids is 2. The lowest BCUT2D eigenvalue weighted by atomic mass is 10.0. The molecule has 0 bridgehead atoms. The van der Waals surface area contributed by atoms with Crippen LogP contribution in [0.3, 0.4) is 0 Å². The van der Waals surface area contributed by atoms with Gasteiger partial charge in [-0.25, -0.2) is 0 Å². The van der Waals surface area contributed by atoms with Gasteiger partial charge in [0.1, 0.15) is 0 Å². The number of piperidine rings is 1. The number of ether oxygens (including phenoxy) is 2. The average Bonchev–Trinajstić information content (AvgIpc) is 2.83. The molecule has 0 aromatic heterocycles. The predicted molar refractivity (Wildman–Crippen MR) is 116 cm³/mol. The maximum Gasteiger partial charge on any atom is 0.253 e. The lowest BCUT2D eigenvalue weighted by molar-refractivity contribution is -0.108. The van der Waals surface area contributed by atoms with E-state index in [4.69, 9.17) is 9.47 Å². The maximum atomic E-state index is 13.1. The molecule has 1 heterocycles. The first-order valence-corrected chi connectivity index (χ1v) is 10.1. The van der Waals surface area contributed by atoms with Gasteiger partial charge in [-0.1, -0.05) is 6.07 Å². The molecule has 0 spiro atoms. The van der Waals surface area contributed by atoms with Crippen LogP contribution in [0.25, 0.3) is 0 Å². The Morgan fingerprint density at radius 1 is 1.19 bits per heavy atom. The summed E-state index contributed by atoms with van der Waals surface area (Å²) in [4.78, 5) is 26.6. The molecular weight excluding hydrogens is 396 g/mol. The van der Waals surface area contributed by atoms with Gasteiger partial charge in [0.25, 0.3) is 5.91 Å². The van der Waals surface area contributed by atoms with Crippen LogP contribution in [0.2, 0.25) is 0 Å². The zero-order valence-corrected chi connectivity index (χ0v) is 17.7. The Balaban J connectivity index is 1.84. The fourth-order valence-corrected chi connectivity index (χ4v) is 3.71. The summed E-state index contributed by atoms with van der Waals surface area (Å²) in [5.41, 5.74) is 1.99. The molecule has 1 aliphatic heterocycles. The Morgan fingerprint density at radius 3 is 2.58 bits per heavy atom. The Kier molecular flexibility index (Phi) is 7.46. The average molecular weight is 422 g/mol. The third-order valence-electron chi connectivity index (χ3n) is 5.37. The molecule has 0 saturated carbocycles. The summed E-state index contributed by atoms with van der Waals surface area (Å²) < 4.78 is 10.5. The number of benzene rings is 2. The maximum absolute atomic E-state index is 13.1. The third kappa shape index (κ3) is 5.13. The molecule has 0 radical (unpaired) electrons. The standard InChI is InChI=1S/C23H26N4O4/c1-30-21-6-4-17(12-22(21)31-2)14-26-23(29)19-11-16(13-24)3-5-20(19)27(15-28)18-7-9-25-10-8-18/h3-6,11-12,15,18,25H,7-10,14H2,1-2H3,(H,26,29). The molecule has 3 rings (SSSR count). The first-order chi connectivity index (χ1) is 15.1. The number of nitrogens with zero attached hydrogens (tertiary/aromatic N) is 2. The lowest BCUT2D eigenvalue weighted by Gasteiger charge is -2.32. The highest BCUT2D eigenvalue weighted by Gasteiger charge is 2.25. The molecule has 2 aromatic carbocycles. The molecule has 8 heteroatoms. The molecule has 162 valence electrons. The molecule has 0 unspecified atom stereocenters. The summed E-state index contributed by atoms with van der Waals surface area (Å²) in [7, 11) is 3.11. The Labute approximate surface area is 181 Å². The number of nitriles is 1. The largest absolute Gasteiger partial charge is 0.493 e. The van der Waals surface area contributed by atoms with Crippen molar-refractivity contribution >= 4 is 18.0 Å². The van der Waals surface area contributed by atoms with Gasteiger partial charge in [0.2, 0.25) is 6.41 Å². The summed E-state index contributed by atoms with van der Waals surface area (Å²) in [6, 6.07) is 12.3. The minimum absolute atomic E-state index is 0.00378. The van der Waals surface area contributed by atoms with Gasteiger partial charge in [-0.2, -0.15) is 5.26 Å². The highest BCUT2D eigenvalue weighted by molar-refractivity contribution is 6.02. The first kappa shape index (κ1) is 22.1. The van der Waals surface area contributed by atoms with Crippen LogP contribution in [-0.4, -0.2) is 45.7 Å². The minimum atomic E-state index is -0.359. The summed E-state index contributed by atoms with van der Waals surface area (Å²) in [5, 5.41) is 15.4. The van der Waals surface area contributed by atoms with E-state index in [1.165, 1.54) is 6.07 Å². The van der Waals surface area contributed by atoms with Gasteiger partial charge in [-0.3, -0.25) is 9.59 Å². The van der Waals surface area contributed by atoms with E-state index in [-0.39, 0.29) is 18.5 Å². The highest BCUT2D eigenvalue weighted by Crippen LogP contribution is 2.28. The number of nitrogens with one attached hydrogen (secondary N) is 2. The van der Waals surface area contributed by atoms with Gasteiger partial charge in [0.05, 0.1) is 37.1 Å². The molecule has 31 heavy (non-hydrogen) atoms. The summed E-state index contributed by atoms with van der Waals surface area (Å²) in [6.45, 7) is 1.88. The normalized spacial score (nSPS) is 13.7. The highest BCUT2D eigenvalue weighted by atomic mass is 16.5. The van der Waals surface area contributed by atoms with Crippen LogP contribution < -0.4 is 25.0 Å². The van der Waals surface area contributed by atoms with E-state index in [1.54, 1.807) is 43.4 Å². The van der Waals surface area contributed by atoms with Crippen LogP contribution in [0.4, 0.5) is 5.69 Å². The molecule has 8 nitrogen and oxygen atoms in total. The number of hydrogen-bond donors (Lipinski definition) is 2. The van der Waals surface area contributed by atoms with Gasteiger partial charge in [-0.15, -0.1) is 0 Å². The van der Waals surface area contributed by atoms with Gasteiger partial charge in [-0.05, 0) is 61.8 Å². The van der Waals surface area contributed by atoms with E-state index in [1.807, 2.05) is 6.07 Å². The van der Waals surface area contributed by atoms with Crippen molar-refractivity contribution in [1.82, 2.24) is 10.6 Å². The van der Waals surface area contributed by atoms with E-state index in [0.29, 0.717) is 28.3 Å². The summed E-state index contributed by atoms with van der Waals surface area (Å²) >= 11 is 0. The minimum Gasteiger partial charge on any atom is -0.493 e. The fraction of sp³-hybridized carbons (Fsp3) is 0.348.